The Bertz CT molecular complexity index is 1160. The summed E-state index contributed by atoms with van der Waals surface area (Å²) in [5.41, 5.74) is 9.98. The lowest BCUT2D eigenvalue weighted by atomic mass is 9.71. The van der Waals surface area contributed by atoms with Crippen LogP contribution in [0, 0.1) is 20.8 Å². The number of benzene rings is 4. The second-order valence-electron chi connectivity index (χ2n) is 8.75. The summed E-state index contributed by atoms with van der Waals surface area (Å²) in [4.78, 5) is 2.27. The molecule has 0 spiro atoms. The highest BCUT2D eigenvalue weighted by Crippen LogP contribution is 2.40. The van der Waals surface area contributed by atoms with E-state index >= 15 is 0 Å². The molecule has 156 valence electrons. The second-order valence-corrected chi connectivity index (χ2v) is 8.75. The van der Waals surface area contributed by atoms with Crippen molar-refractivity contribution >= 4 is 11.4 Å². The van der Waals surface area contributed by atoms with Crippen molar-refractivity contribution in [2.75, 3.05) is 11.9 Å². The van der Waals surface area contributed by atoms with Crippen LogP contribution in [-0.4, -0.2) is 7.05 Å². The first-order valence-electron chi connectivity index (χ1n) is 10.9. The highest BCUT2D eigenvalue weighted by molar-refractivity contribution is 5.67. The van der Waals surface area contributed by atoms with Gasteiger partial charge < -0.3 is 4.90 Å². The third-order valence-corrected chi connectivity index (χ3v) is 6.53. The predicted molar refractivity (Wildman–Crippen MR) is 134 cm³/mol. The number of hydrogen-bond acceptors (Lipinski definition) is 1. The van der Waals surface area contributed by atoms with Gasteiger partial charge in [-0.1, -0.05) is 90.0 Å². The normalized spacial score (nSPS) is 12.9. The Hall–Kier alpha value is -3.32. The molecule has 1 unspecified atom stereocenters. The van der Waals surface area contributed by atoms with E-state index in [9.17, 15) is 0 Å². The van der Waals surface area contributed by atoms with Gasteiger partial charge in [0, 0.05) is 23.8 Å². The summed E-state index contributed by atoms with van der Waals surface area (Å²) in [6, 6.07) is 35.4. The van der Waals surface area contributed by atoms with Crippen molar-refractivity contribution in [2.45, 2.75) is 33.1 Å². The van der Waals surface area contributed by atoms with Gasteiger partial charge in [-0.3, -0.25) is 0 Å². The van der Waals surface area contributed by atoms with E-state index < -0.39 is 0 Å². The van der Waals surface area contributed by atoms with Gasteiger partial charge in [0.05, 0.1) is 0 Å². The largest absolute Gasteiger partial charge is 0.344 e. The molecular formula is C30H31N. The van der Waals surface area contributed by atoms with Crippen LogP contribution >= 0.6 is 0 Å². The van der Waals surface area contributed by atoms with Crippen LogP contribution in [0.1, 0.15) is 40.3 Å². The Labute approximate surface area is 187 Å². The van der Waals surface area contributed by atoms with E-state index in [1.165, 1.54) is 44.8 Å². The lowest BCUT2D eigenvalue weighted by Gasteiger charge is -2.32. The minimum atomic E-state index is -0.216. The van der Waals surface area contributed by atoms with E-state index in [4.69, 9.17) is 0 Å². The van der Waals surface area contributed by atoms with Crippen molar-refractivity contribution in [1.29, 1.82) is 0 Å². The van der Waals surface area contributed by atoms with Crippen molar-refractivity contribution in [2.24, 2.45) is 0 Å². The molecule has 0 fully saturated rings. The van der Waals surface area contributed by atoms with Crippen LogP contribution in [0.2, 0.25) is 0 Å². The number of hydrogen-bond donors (Lipinski definition) is 0. The van der Waals surface area contributed by atoms with Gasteiger partial charge in [-0.15, -0.1) is 0 Å². The third-order valence-electron chi connectivity index (χ3n) is 6.53. The van der Waals surface area contributed by atoms with Gasteiger partial charge >= 0.3 is 0 Å². The van der Waals surface area contributed by atoms with Crippen LogP contribution in [0.4, 0.5) is 11.4 Å². The van der Waals surface area contributed by atoms with E-state index in [1.54, 1.807) is 0 Å². The Morgan fingerprint density at radius 3 is 1.68 bits per heavy atom. The summed E-state index contributed by atoms with van der Waals surface area (Å²) in [7, 11) is 2.14. The number of anilines is 2. The fourth-order valence-corrected chi connectivity index (χ4v) is 4.50. The SMILES string of the molecule is Cc1ccc(C(C)(c2ccccc2)c2ccc(N(C)c3ccc(C)cc3C)cc2)cc1. The summed E-state index contributed by atoms with van der Waals surface area (Å²) >= 11 is 0. The van der Waals surface area contributed by atoms with E-state index in [1.807, 2.05) is 0 Å². The highest BCUT2D eigenvalue weighted by atomic mass is 15.1. The molecule has 1 heteroatoms. The second kappa shape index (κ2) is 8.43. The van der Waals surface area contributed by atoms with Crippen LogP contribution < -0.4 is 4.90 Å². The maximum Gasteiger partial charge on any atom is 0.0437 e. The molecule has 31 heavy (non-hydrogen) atoms. The molecule has 0 N–H and O–H groups in total. The Balaban J connectivity index is 1.76. The van der Waals surface area contributed by atoms with Gasteiger partial charge in [-0.2, -0.15) is 0 Å². The molecule has 0 radical (unpaired) electrons. The van der Waals surface area contributed by atoms with Crippen molar-refractivity contribution in [3.63, 3.8) is 0 Å². The molecule has 0 aromatic heterocycles. The summed E-state index contributed by atoms with van der Waals surface area (Å²) in [5.74, 6) is 0. The summed E-state index contributed by atoms with van der Waals surface area (Å²) in [6.45, 7) is 8.79. The van der Waals surface area contributed by atoms with Crippen LogP contribution in [0.15, 0.2) is 97.1 Å². The molecule has 0 aliphatic carbocycles. The third kappa shape index (κ3) is 4.01. The Morgan fingerprint density at radius 1 is 0.581 bits per heavy atom. The maximum atomic E-state index is 2.33. The van der Waals surface area contributed by atoms with Crippen LogP contribution in [0.25, 0.3) is 0 Å². The van der Waals surface area contributed by atoms with Crippen molar-refractivity contribution in [3.8, 4) is 0 Å². The zero-order chi connectivity index (χ0) is 22.0. The first kappa shape index (κ1) is 20.9. The van der Waals surface area contributed by atoms with Gasteiger partial charge in [0.2, 0.25) is 0 Å². The van der Waals surface area contributed by atoms with Gasteiger partial charge in [-0.25, -0.2) is 0 Å². The first-order chi connectivity index (χ1) is 14.9. The molecule has 1 atom stereocenters. The standard InChI is InChI=1S/C30H31N/c1-22-11-14-26(15-12-22)30(4,25-9-7-6-8-10-25)27-16-18-28(19-17-27)31(5)29-20-13-23(2)21-24(29)3/h6-21H,1-5H3. The number of nitrogens with zero attached hydrogens (tertiary/aromatic N) is 1. The van der Waals surface area contributed by atoms with Gasteiger partial charge in [0.15, 0.2) is 0 Å². The van der Waals surface area contributed by atoms with Crippen molar-refractivity contribution in [3.05, 3.63) is 130 Å². The van der Waals surface area contributed by atoms with Crippen LogP contribution in [0.5, 0.6) is 0 Å². The minimum absolute atomic E-state index is 0.216. The van der Waals surface area contributed by atoms with Crippen LogP contribution in [-0.2, 0) is 5.41 Å². The lowest BCUT2D eigenvalue weighted by Crippen LogP contribution is -2.25. The van der Waals surface area contributed by atoms with Crippen molar-refractivity contribution < 1.29 is 0 Å². The molecule has 4 rings (SSSR count). The van der Waals surface area contributed by atoms with E-state index in [2.05, 4.69) is 137 Å². The molecule has 0 aliphatic rings. The fourth-order valence-electron chi connectivity index (χ4n) is 4.50. The summed E-state index contributed by atoms with van der Waals surface area (Å²) in [5, 5.41) is 0. The van der Waals surface area contributed by atoms with Gasteiger partial charge in [0.1, 0.15) is 0 Å². The first-order valence-corrected chi connectivity index (χ1v) is 10.9. The van der Waals surface area contributed by atoms with E-state index in [-0.39, 0.29) is 5.41 Å². The molecule has 0 amide bonds. The molecule has 4 aromatic rings. The Kier molecular flexibility index (Phi) is 5.69. The summed E-state index contributed by atoms with van der Waals surface area (Å²) in [6.07, 6.45) is 0. The monoisotopic (exact) mass is 405 g/mol. The molecule has 0 saturated heterocycles. The molecule has 0 aliphatic heterocycles. The molecule has 1 nitrogen and oxygen atoms in total. The van der Waals surface area contributed by atoms with E-state index in [0.717, 1.165) is 0 Å². The molecular weight excluding hydrogens is 374 g/mol. The zero-order valence-corrected chi connectivity index (χ0v) is 19.2. The smallest absolute Gasteiger partial charge is 0.0437 e. The molecule has 4 aromatic carbocycles. The lowest BCUT2D eigenvalue weighted by molar-refractivity contribution is 0.692. The number of aryl methyl sites for hydroxylation is 3. The van der Waals surface area contributed by atoms with E-state index in [0.29, 0.717) is 0 Å². The fraction of sp³-hybridized carbons (Fsp3) is 0.200. The molecule has 0 bridgehead atoms. The number of rotatable bonds is 5. The van der Waals surface area contributed by atoms with Gasteiger partial charge in [0.25, 0.3) is 0 Å². The minimum Gasteiger partial charge on any atom is -0.344 e. The van der Waals surface area contributed by atoms with Crippen LogP contribution in [0.3, 0.4) is 0 Å². The average molecular weight is 406 g/mol. The average Bonchev–Trinajstić information content (AvgIpc) is 2.79. The maximum absolute atomic E-state index is 2.33. The molecule has 0 heterocycles. The molecule has 0 saturated carbocycles. The van der Waals surface area contributed by atoms with Crippen molar-refractivity contribution in [1.82, 2.24) is 0 Å². The Morgan fingerprint density at radius 2 is 1.10 bits per heavy atom. The zero-order valence-electron chi connectivity index (χ0n) is 19.2. The van der Waals surface area contributed by atoms with Gasteiger partial charge in [-0.05, 0) is 68.1 Å². The highest BCUT2D eigenvalue weighted by Gasteiger charge is 2.31. The quantitative estimate of drug-likeness (QED) is 0.307. The topological polar surface area (TPSA) is 3.24 Å². The predicted octanol–water partition coefficient (Wildman–Crippen LogP) is 7.73. The summed E-state index contributed by atoms with van der Waals surface area (Å²) < 4.78 is 0.